The highest BCUT2D eigenvalue weighted by Crippen LogP contribution is 2.32. The molecular weight excluding hydrogens is 179 g/mol. The quantitative estimate of drug-likeness (QED) is 0.678. The number of carbonyl (C=O) groups is 2. The summed E-state index contributed by atoms with van der Waals surface area (Å²) >= 11 is 0. The van der Waals surface area contributed by atoms with Gasteiger partial charge in [-0.3, -0.25) is 9.59 Å². The van der Waals surface area contributed by atoms with E-state index in [1.54, 1.807) is 0 Å². The highest BCUT2D eigenvalue weighted by Gasteiger charge is 2.41. The fourth-order valence-corrected chi connectivity index (χ4v) is 1.68. The number of carboxylic acids is 2. The van der Waals surface area contributed by atoms with E-state index in [9.17, 15) is 14.0 Å². The second kappa shape index (κ2) is 3.72. The van der Waals surface area contributed by atoms with E-state index in [4.69, 9.17) is 10.2 Å². The van der Waals surface area contributed by atoms with Crippen LogP contribution in [-0.4, -0.2) is 28.3 Å². The summed E-state index contributed by atoms with van der Waals surface area (Å²) in [7, 11) is 0. The molecule has 2 N–H and O–H groups in total. The van der Waals surface area contributed by atoms with E-state index in [2.05, 4.69) is 0 Å². The van der Waals surface area contributed by atoms with E-state index in [1.165, 1.54) is 0 Å². The molecule has 1 aliphatic rings. The van der Waals surface area contributed by atoms with Crippen LogP contribution in [0.15, 0.2) is 0 Å². The molecule has 1 aliphatic carbocycles. The van der Waals surface area contributed by atoms with Crippen LogP contribution in [0, 0.1) is 11.8 Å². The molecule has 0 aromatic heterocycles. The van der Waals surface area contributed by atoms with Crippen LogP contribution in [0.2, 0.25) is 0 Å². The Kier molecular flexibility index (Phi) is 2.85. The van der Waals surface area contributed by atoms with Gasteiger partial charge in [-0.25, -0.2) is 4.39 Å². The average molecular weight is 190 g/mol. The first-order valence-corrected chi connectivity index (χ1v) is 4.13. The highest BCUT2D eigenvalue weighted by atomic mass is 19.1. The Morgan fingerprint density at radius 2 is 1.46 bits per heavy atom. The lowest BCUT2D eigenvalue weighted by molar-refractivity contribution is -0.153. The number of aliphatic carboxylic acids is 2. The number of rotatable bonds is 2. The van der Waals surface area contributed by atoms with E-state index >= 15 is 0 Å². The van der Waals surface area contributed by atoms with E-state index in [0.29, 0.717) is 6.42 Å². The summed E-state index contributed by atoms with van der Waals surface area (Å²) in [6.45, 7) is 0. The Balaban J connectivity index is 2.71. The molecule has 0 bridgehead atoms. The average Bonchev–Trinajstić information content (AvgIpc) is 2.03. The molecule has 0 aliphatic heterocycles. The lowest BCUT2D eigenvalue weighted by Crippen LogP contribution is -2.38. The lowest BCUT2D eigenvalue weighted by atomic mass is 9.80. The summed E-state index contributed by atoms with van der Waals surface area (Å²) in [5.74, 6) is -4.76. The molecule has 74 valence electrons. The van der Waals surface area contributed by atoms with Crippen molar-refractivity contribution in [3.63, 3.8) is 0 Å². The van der Waals surface area contributed by atoms with Crippen LogP contribution < -0.4 is 0 Å². The summed E-state index contributed by atoms with van der Waals surface area (Å²) in [5.41, 5.74) is 0. The molecule has 13 heavy (non-hydrogen) atoms. The molecule has 1 saturated carbocycles. The molecule has 5 heteroatoms. The topological polar surface area (TPSA) is 74.6 Å². The van der Waals surface area contributed by atoms with Crippen molar-refractivity contribution in [2.24, 2.45) is 11.8 Å². The van der Waals surface area contributed by atoms with Crippen molar-refractivity contribution in [3.8, 4) is 0 Å². The largest absolute Gasteiger partial charge is 0.481 e. The highest BCUT2D eigenvalue weighted by molar-refractivity contribution is 5.75. The Hall–Kier alpha value is -1.13. The van der Waals surface area contributed by atoms with E-state index in [1.807, 2.05) is 0 Å². The van der Waals surface area contributed by atoms with Gasteiger partial charge in [0.15, 0.2) is 0 Å². The third-order valence-corrected chi connectivity index (χ3v) is 2.43. The summed E-state index contributed by atoms with van der Waals surface area (Å²) in [6.07, 6.45) is -0.807. The molecule has 0 heterocycles. The van der Waals surface area contributed by atoms with Gasteiger partial charge in [-0.2, -0.15) is 0 Å². The summed E-state index contributed by atoms with van der Waals surface area (Å²) < 4.78 is 13.3. The maximum atomic E-state index is 13.3. The zero-order chi connectivity index (χ0) is 10.0. The van der Waals surface area contributed by atoms with Crippen LogP contribution in [0.5, 0.6) is 0 Å². The second-order valence-electron chi connectivity index (χ2n) is 3.26. The van der Waals surface area contributed by atoms with Gasteiger partial charge in [-0.15, -0.1) is 0 Å². The van der Waals surface area contributed by atoms with Gasteiger partial charge in [0.05, 0.1) is 11.8 Å². The molecule has 0 saturated heterocycles. The normalized spacial score (nSPS) is 34.1. The SMILES string of the molecule is O=C(O)C1CCCC(C(=O)O)C1F. The molecule has 2 unspecified atom stereocenters. The molecule has 4 nitrogen and oxygen atoms in total. The number of alkyl halides is 1. The van der Waals surface area contributed by atoms with Crippen molar-refractivity contribution in [2.45, 2.75) is 25.4 Å². The number of hydrogen-bond donors (Lipinski definition) is 2. The predicted molar refractivity (Wildman–Crippen MR) is 41.0 cm³/mol. The molecule has 2 atom stereocenters. The Bertz CT molecular complexity index is 206. The minimum Gasteiger partial charge on any atom is -0.481 e. The Morgan fingerprint density at radius 3 is 1.77 bits per heavy atom. The van der Waals surface area contributed by atoms with Crippen LogP contribution in [0.3, 0.4) is 0 Å². The minimum atomic E-state index is -1.75. The summed E-state index contributed by atoms with van der Waals surface area (Å²) in [5, 5.41) is 17.2. The first-order valence-electron chi connectivity index (χ1n) is 4.13. The van der Waals surface area contributed by atoms with Gasteiger partial charge in [-0.1, -0.05) is 6.42 Å². The van der Waals surface area contributed by atoms with Crippen molar-refractivity contribution in [1.82, 2.24) is 0 Å². The smallest absolute Gasteiger partial charge is 0.309 e. The number of halogens is 1. The minimum absolute atomic E-state index is 0.236. The van der Waals surface area contributed by atoms with Gasteiger partial charge in [0.2, 0.25) is 0 Å². The monoisotopic (exact) mass is 190 g/mol. The molecule has 1 fully saturated rings. The molecular formula is C8H11FO4. The fourth-order valence-electron chi connectivity index (χ4n) is 1.68. The van der Waals surface area contributed by atoms with Crippen molar-refractivity contribution in [2.75, 3.05) is 0 Å². The first-order chi connectivity index (χ1) is 6.04. The summed E-state index contributed by atoms with van der Waals surface area (Å²) in [6, 6.07) is 0. The number of carboxylic acid groups (broad SMARTS) is 2. The van der Waals surface area contributed by atoms with Crippen LogP contribution in [-0.2, 0) is 9.59 Å². The van der Waals surface area contributed by atoms with Crippen molar-refractivity contribution in [3.05, 3.63) is 0 Å². The molecule has 0 aromatic rings. The third-order valence-electron chi connectivity index (χ3n) is 2.43. The zero-order valence-corrected chi connectivity index (χ0v) is 6.94. The van der Waals surface area contributed by atoms with E-state index < -0.39 is 29.9 Å². The third kappa shape index (κ3) is 1.96. The van der Waals surface area contributed by atoms with Crippen LogP contribution in [0.1, 0.15) is 19.3 Å². The predicted octanol–water partition coefficient (Wildman–Crippen LogP) is 0.910. The lowest BCUT2D eigenvalue weighted by Gasteiger charge is -2.27. The van der Waals surface area contributed by atoms with Gasteiger partial charge in [0.1, 0.15) is 6.17 Å². The number of hydrogen-bond acceptors (Lipinski definition) is 2. The van der Waals surface area contributed by atoms with Gasteiger partial charge in [0.25, 0.3) is 0 Å². The Morgan fingerprint density at radius 1 is 1.08 bits per heavy atom. The summed E-state index contributed by atoms with van der Waals surface area (Å²) in [4.78, 5) is 21.0. The zero-order valence-electron chi connectivity index (χ0n) is 6.94. The van der Waals surface area contributed by atoms with Crippen LogP contribution in [0.25, 0.3) is 0 Å². The first kappa shape index (κ1) is 9.95. The van der Waals surface area contributed by atoms with Gasteiger partial charge >= 0.3 is 11.9 Å². The maximum absolute atomic E-state index is 13.3. The molecule has 0 aromatic carbocycles. The Labute approximate surface area is 74.4 Å². The standard InChI is InChI=1S/C8H11FO4/c9-6-4(7(10)11)2-1-3-5(6)8(12)13/h4-6H,1-3H2,(H,10,11)(H,12,13). The van der Waals surface area contributed by atoms with Gasteiger partial charge < -0.3 is 10.2 Å². The fraction of sp³-hybridized carbons (Fsp3) is 0.750. The molecule has 0 radical (unpaired) electrons. The van der Waals surface area contributed by atoms with E-state index in [0.717, 1.165) is 0 Å². The van der Waals surface area contributed by atoms with Crippen molar-refractivity contribution in [1.29, 1.82) is 0 Å². The van der Waals surface area contributed by atoms with Gasteiger partial charge in [-0.05, 0) is 12.8 Å². The molecule has 0 spiro atoms. The molecule has 0 amide bonds. The van der Waals surface area contributed by atoms with Crippen molar-refractivity contribution < 1.29 is 24.2 Å². The maximum Gasteiger partial charge on any atom is 0.309 e. The van der Waals surface area contributed by atoms with E-state index in [-0.39, 0.29) is 12.8 Å². The van der Waals surface area contributed by atoms with Crippen molar-refractivity contribution >= 4 is 11.9 Å². The van der Waals surface area contributed by atoms with Gasteiger partial charge in [0, 0.05) is 0 Å². The second-order valence-corrected chi connectivity index (χ2v) is 3.26. The van der Waals surface area contributed by atoms with Crippen LogP contribution >= 0.6 is 0 Å². The van der Waals surface area contributed by atoms with Crippen LogP contribution in [0.4, 0.5) is 4.39 Å². The molecule has 1 rings (SSSR count).